The van der Waals surface area contributed by atoms with Crippen LogP contribution in [0, 0.1) is 11.6 Å². The van der Waals surface area contributed by atoms with Gasteiger partial charge in [0.25, 0.3) is 5.91 Å². The van der Waals surface area contributed by atoms with Crippen LogP contribution in [0.2, 0.25) is 0 Å². The third-order valence-corrected chi connectivity index (χ3v) is 3.61. The van der Waals surface area contributed by atoms with Gasteiger partial charge in [0.15, 0.2) is 12.9 Å². The van der Waals surface area contributed by atoms with E-state index in [-0.39, 0.29) is 11.4 Å². The minimum atomic E-state index is -0.882. The van der Waals surface area contributed by atoms with E-state index in [1.165, 1.54) is 0 Å². The summed E-state index contributed by atoms with van der Waals surface area (Å²) in [6.45, 7) is -0.421. The van der Waals surface area contributed by atoms with E-state index in [1.807, 2.05) is 12.1 Å². The number of nitrogens with one attached hydrogen (secondary N) is 1. The van der Waals surface area contributed by atoms with Crippen LogP contribution in [0.4, 0.5) is 14.5 Å². The molecule has 4 nitrogen and oxygen atoms in total. The van der Waals surface area contributed by atoms with E-state index in [2.05, 4.69) is 5.32 Å². The molecule has 25 heavy (non-hydrogen) atoms. The Morgan fingerprint density at radius 1 is 1.08 bits per heavy atom. The summed E-state index contributed by atoms with van der Waals surface area (Å²) in [6.07, 6.45) is 0.662. The molecular weight excluding hydrogens is 328 g/mol. The monoisotopic (exact) mass is 341 g/mol. The average Bonchev–Trinajstić information content (AvgIpc) is 2.61. The van der Waals surface area contributed by atoms with Crippen LogP contribution >= 0.6 is 0 Å². The molecule has 3 aromatic carbocycles. The maximum Gasteiger partial charge on any atom is 0.262 e. The Bertz CT molecular complexity index is 957. The zero-order valence-corrected chi connectivity index (χ0v) is 13.0. The first-order valence-corrected chi connectivity index (χ1v) is 7.43. The van der Waals surface area contributed by atoms with Crippen molar-refractivity contribution in [1.82, 2.24) is 0 Å². The highest BCUT2D eigenvalue weighted by atomic mass is 19.1. The van der Waals surface area contributed by atoms with Crippen molar-refractivity contribution in [3.8, 4) is 5.75 Å². The van der Waals surface area contributed by atoms with E-state index in [0.717, 1.165) is 17.5 Å². The van der Waals surface area contributed by atoms with Gasteiger partial charge in [-0.3, -0.25) is 9.59 Å². The second kappa shape index (κ2) is 7.09. The quantitative estimate of drug-likeness (QED) is 0.715. The first-order valence-electron chi connectivity index (χ1n) is 7.43. The lowest BCUT2D eigenvalue weighted by Gasteiger charge is -2.11. The number of hydrogen-bond acceptors (Lipinski definition) is 3. The molecule has 0 aliphatic rings. The molecule has 0 atom stereocenters. The summed E-state index contributed by atoms with van der Waals surface area (Å²) in [5, 5.41) is 3.87. The van der Waals surface area contributed by atoms with E-state index < -0.39 is 24.1 Å². The molecule has 0 aromatic heterocycles. The molecule has 0 saturated carbocycles. The topological polar surface area (TPSA) is 55.4 Å². The molecular formula is C19H13F2NO3. The highest BCUT2D eigenvalue weighted by Gasteiger charge is 2.12. The van der Waals surface area contributed by atoms with Gasteiger partial charge in [0, 0.05) is 6.07 Å². The van der Waals surface area contributed by atoms with Crippen LogP contribution < -0.4 is 10.1 Å². The lowest BCUT2D eigenvalue weighted by Crippen LogP contribution is -2.21. The highest BCUT2D eigenvalue weighted by molar-refractivity contribution is 6.01. The van der Waals surface area contributed by atoms with Crippen LogP contribution in [0.3, 0.4) is 0 Å². The van der Waals surface area contributed by atoms with Crippen molar-refractivity contribution >= 4 is 28.7 Å². The van der Waals surface area contributed by atoms with Crippen LogP contribution in [0.5, 0.6) is 5.75 Å². The molecule has 0 aliphatic heterocycles. The molecule has 0 unspecified atom stereocenters. The average molecular weight is 341 g/mol. The summed E-state index contributed by atoms with van der Waals surface area (Å²) in [4.78, 5) is 23.3. The zero-order chi connectivity index (χ0) is 17.8. The lowest BCUT2D eigenvalue weighted by atomic mass is 10.0. The van der Waals surface area contributed by atoms with Crippen LogP contribution in [0.25, 0.3) is 10.8 Å². The first-order chi connectivity index (χ1) is 12.1. The number of aldehydes is 1. The van der Waals surface area contributed by atoms with Gasteiger partial charge in [-0.25, -0.2) is 8.78 Å². The standard InChI is InChI=1S/C19H13F2NO3/c20-13-6-7-17(16(21)9-13)22-19(24)11-25-18-8-5-12-3-1-2-4-14(12)15(18)10-23/h1-10H,11H2,(H,22,24). The predicted octanol–water partition coefficient (Wildman–Crippen LogP) is 3.95. The van der Waals surface area contributed by atoms with Gasteiger partial charge >= 0.3 is 0 Å². The third kappa shape index (κ3) is 3.63. The lowest BCUT2D eigenvalue weighted by molar-refractivity contribution is -0.118. The van der Waals surface area contributed by atoms with Crippen LogP contribution in [0.1, 0.15) is 10.4 Å². The maximum atomic E-state index is 13.5. The van der Waals surface area contributed by atoms with Gasteiger partial charge in [-0.05, 0) is 29.0 Å². The molecule has 0 bridgehead atoms. The predicted molar refractivity (Wildman–Crippen MR) is 89.8 cm³/mol. The minimum Gasteiger partial charge on any atom is -0.483 e. The van der Waals surface area contributed by atoms with Gasteiger partial charge in [-0.1, -0.05) is 30.3 Å². The van der Waals surface area contributed by atoms with E-state index in [4.69, 9.17) is 4.74 Å². The Morgan fingerprint density at radius 3 is 2.64 bits per heavy atom. The molecule has 0 heterocycles. The Kier molecular flexibility index (Phi) is 4.70. The largest absolute Gasteiger partial charge is 0.483 e. The van der Waals surface area contributed by atoms with Gasteiger partial charge in [0.2, 0.25) is 0 Å². The molecule has 3 aromatic rings. The number of ether oxygens (including phenoxy) is 1. The van der Waals surface area contributed by atoms with Gasteiger partial charge in [0.1, 0.15) is 17.4 Å². The second-order valence-corrected chi connectivity index (χ2v) is 5.28. The number of carbonyl (C=O) groups is 2. The van der Waals surface area contributed by atoms with Gasteiger partial charge in [-0.15, -0.1) is 0 Å². The minimum absolute atomic E-state index is 0.149. The van der Waals surface area contributed by atoms with Crippen LogP contribution in [0.15, 0.2) is 54.6 Å². The summed E-state index contributed by atoms with van der Waals surface area (Å²) >= 11 is 0. The normalized spacial score (nSPS) is 10.5. The third-order valence-electron chi connectivity index (χ3n) is 3.61. The molecule has 126 valence electrons. The number of carbonyl (C=O) groups excluding carboxylic acids is 2. The number of halogens is 2. The fraction of sp³-hybridized carbons (Fsp3) is 0.0526. The van der Waals surface area contributed by atoms with E-state index in [0.29, 0.717) is 23.3 Å². The molecule has 1 N–H and O–H groups in total. The molecule has 3 rings (SSSR count). The molecule has 0 aliphatic carbocycles. The van der Waals surface area contributed by atoms with Gasteiger partial charge < -0.3 is 10.1 Å². The number of fused-ring (bicyclic) bond motifs is 1. The van der Waals surface area contributed by atoms with Gasteiger partial charge in [0.05, 0.1) is 11.3 Å². The SMILES string of the molecule is O=Cc1c(OCC(=O)Nc2ccc(F)cc2F)ccc2ccccc12. The number of amides is 1. The van der Waals surface area contributed by atoms with Crippen molar-refractivity contribution in [2.24, 2.45) is 0 Å². The first kappa shape index (κ1) is 16.6. The molecule has 0 saturated heterocycles. The summed E-state index contributed by atoms with van der Waals surface area (Å²) in [5.74, 6) is -2.00. The van der Waals surface area contributed by atoms with Crippen molar-refractivity contribution in [3.63, 3.8) is 0 Å². The smallest absolute Gasteiger partial charge is 0.262 e. The Labute approximate surface area is 142 Å². The van der Waals surface area contributed by atoms with E-state index in [9.17, 15) is 18.4 Å². The molecule has 6 heteroatoms. The van der Waals surface area contributed by atoms with E-state index in [1.54, 1.807) is 24.3 Å². The van der Waals surface area contributed by atoms with Crippen molar-refractivity contribution < 1.29 is 23.1 Å². The second-order valence-electron chi connectivity index (χ2n) is 5.28. The highest BCUT2D eigenvalue weighted by Crippen LogP contribution is 2.26. The Balaban J connectivity index is 1.74. The van der Waals surface area contributed by atoms with Crippen molar-refractivity contribution in [2.45, 2.75) is 0 Å². The summed E-state index contributed by atoms with van der Waals surface area (Å²) in [5.41, 5.74) is 0.183. The number of rotatable bonds is 5. The molecule has 1 amide bonds. The molecule has 0 fully saturated rings. The van der Waals surface area contributed by atoms with Crippen molar-refractivity contribution in [3.05, 3.63) is 71.8 Å². The summed E-state index contributed by atoms with van der Waals surface area (Å²) in [6, 6.07) is 13.5. The van der Waals surface area contributed by atoms with Crippen molar-refractivity contribution in [1.29, 1.82) is 0 Å². The van der Waals surface area contributed by atoms with Crippen molar-refractivity contribution in [2.75, 3.05) is 11.9 Å². The maximum absolute atomic E-state index is 13.5. The van der Waals surface area contributed by atoms with Gasteiger partial charge in [-0.2, -0.15) is 0 Å². The number of hydrogen-bond donors (Lipinski definition) is 1. The number of anilines is 1. The Morgan fingerprint density at radius 2 is 1.88 bits per heavy atom. The summed E-state index contributed by atoms with van der Waals surface area (Å²) < 4.78 is 31.8. The Hall–Kier alpha value is -3.28. The molecule has 0 spiro atoms. The fourth-order valence-electron chi connectivity index (χ4n) is 2.44. The number of benzene rings is 3. The zero-order valence-electron chi connectivity index (χ0n) is 13.0. The summed E-state index contributed by atoms with van der Waals surface area (Å²) in [7, 11) is 0. The van der Waals surface area contributed by atoms with Crippen LogP contribution in [-0.4, -0.2) is 18.8 Å². The van der Waals surface area contributed by atoms with E-state index >= 15 is 0 Å². The van der Waals surface area contributed by atoms with Crippen LogP contribution in [-0.2, 0) is 4.79 Å². The fourth-order valence-corrected chi connectivity index (χ4v) is 2.44. The molecule has 0 radical (unpaired) electrons.